The number of carbonyl (C=O) groups excluding carboxylic acids is 1. The second-order valence-electron chi connectivity index (χ2n) is 7.09. The Labute approximate surface area is 121 Å². The van der Waals surface area contributed by atoms with E-state index < -0.39 is 21.0 Å². The lowest BCUT2D eigenvalue weighted by Gasteiger charge is -2.36. The molecule has 0 N–H and O–H groups in total. The molecule has 0 spiro atoms. The summed E-state index contributed by atoms with van der Waals surface area (Å²) >= 11 is 0. The molecule has 0 aromatic heterocycles. The van der Waals surface area contributed by atoms with Crippen molar-refractivity contribution in [2.24, 2.45) is 5.92 Å². The van der Waals surface area contributed by atoms with E-state index in [-0.39, 0.29) is 29.2 Å². The summed E-state index contributed by atoms with van der Waals surface area (Å²) in [7, 11) is -2.92. The van der Waals surface area contributed by atoms with Gasteiger partial charge in [0, 0.05) is 19.1 Å². The van der Waals surface area contributed by atoms with Gasteiger partial charge in [0.1, 0.15) is 5.60 Å². The van der Waals surface area contributed by atoms with Gasteiger partial charge in [-0.15, -0.1) is 0 Å². The molecule has 0 aromatic carbocycles. The molecule has 0 bridgehead atoms. The summed E-state index contributed by atoms with van der Waals surface area (Å²) in [6.45, 7) is 10.5. The van der Waals surface area contributed by atoms with Crippen LogP contribution in [0.4, 0.5) is 0 Å². The van der Waals surface area contributed by atoms with Crippen molar-refractivity contribution >= 4 is 15.6 Å². The molecule has 0 aromatic rings. The van der Waals surface area contributed by atoms with E-state index in [2.05, 4.69) is 4.90 Å². The highest BCUT2D eigenvalue weighted by molar-refractivity contribution is 7.91. The third-order valence-electron chi connectivity index (χ3n) is 4.49. The van der Waals surface area contributed by atoms with E-state index in [4.69, 9.17) is 4.74 Å². The minimum atomic E-state index is -2.92. The van der Waals surface area contributed by atoms with E-state index in [9.17, 15) is 13.2 Å². The molecule has 6 heteroatoms. The number of hydrogen-bond acceptors (Lipinski definition) is 5. The van der Waals surface area contributed by atoms with Crippen molar-refractivity contribution < 1.29 is 17.9 Å². The van der Waals surface area contributed by atoms with Gasteiger partial charge in [-0.3, -0.25) is 9.69 Å². The first-order valence-electron chi connectivity index (χ1n) is 7.13. The number of carbonyl (C=O) groups is 1. The van der Waals surface area contributed by atoms with Crippen LogP contribution in [-0.4, -0.2) is 60.9 Å². The third-order valence-corrected chi connectivity index (χ3v) is 6.29. The molecule has 2 fully saturated rings. The van der Waals surface area contributed by atoms with E-state index in [1.54, 1.807) is 13.8 Å². The van der Waals surface area contributed by atoms with E-state index in [0.717, 1.165) is 0 Å². The molecule has 0 aliphatic carbocycles. The Morgan fingerprint density at radius 2 is 1.90 bits per heavy atom. The van der Waals surface area contributed by atoms with Crippen molar-refractivity contribution in [2.75, 3.05) is 24.6 Å². The van der Waals surface area contributed by atoms with E-state index >= 15 is 0 Å². The van der Waals surface area contributed by atoms with Gasteiger partial charge in [0.05, 0.1) is 23.0 Å². The summed E-state index contributed by atoms with van der Waals surface area (Å²) < 4.78 is 29.1. The average molecular weight is 303 g/mol. The van der Waals surface area contributed by atoms with Crippen molar-refractivity contribution in [3.8, 4) is 0 Å². The van der Waals surface area contributed by atoms with Crippen LogP contribution in [-0.2, 0) is 19.4 Å². The van der Waals surface area contributed by atoms with Crippen LogP contribution in [0.3, 0.4) is 0 Å². The van der Waals surface area contributed by atoms with Crippen LogP contribution >= 0.6 is 0 Å². The molecule has 2 aliphatic heterocycles. The highest BCUT2D eigenvalue weighted by Crippen LogP contribution is 2.39. The van der Waals surface area contributed by atoms with Crippen molar-refractivity contribution in [3.63, 3.8) is 0 Å². The van der Waals surface area contributed by atoms with E-state index in [1.807, 2.05) is 20.8 Å². The first-order valence-corrected chi connectivity index (χ1v) is 8.96. The molecular formula is C14H25NO4S. The van der Waals surface area contributed by atoms with Gasteiger partial charge in [0.2, 0.25) is 0 Å². The van der Waals surface area contributed by atoms with Crippen LogP contribution in [0.1, 0.15) is 34.6 Å². The molecule has 0 saturated carbocycles. The molecule has 20 heavy (non-hydrogen) atoms. The highest BCUT2D eigenvalue weighted by Gasteiger charge is 2.53. The lowest BCUT2D eigenvalue weighted by Crippen LogP contribution is -2.51. The fourth-order valence-electron chi connectivity index (χ4n) is 3.36. The quantitative estimate of drug-likeness (QED) is 0.758. The zero-order valence-electron chi connectivity index (χ0n) is 13.0. The van der Waals surface area contributed by atoms with Gasteiger partial charge in [-0.05, 0) is 34.6 Å². The second kappa shape index (κ2) is 4.78. The third kappa shape index (κ3) is 2.92. The van der Waals surface area contributed by atoms with Gasteiger partial charge in [0.15, 0.2) is 15.6 Å². The Morgan fingerprint density at radius 3 is 2.35 bits per heavy atom. The highest BCUT2D eigenvalue weighted by atomic mass is 32.2. The SMILES string of the molecule is CC1CS(=O)(=O)CCN1CC1C(=O)C(C)(C)OC1(C)C. The Bertz CT molecular complexity index is 509. The largest absolute Gasteiger partial charge is 0.361 e. The van der Waals surface area contributed by atoms with Gasteiger partial charge in [-0.1, -0.05) is 0 Å². The van der Waals surface area contributed by atoms with Crippen LogP contribution in [0.15, 0.2) is 0 Å². The molecule has 0 radical (unpaired) electrons. The van der Waals surface area contributed by atoms with E-state index in [1.165, 1.54) is 0 Å². The fraction of sp³-hybridized carbons (Fsp3) is 0.929. The summed E-state index contributed by atoms with van der Waals surface area (Å²) in [5, 5.41) is 0. The maximum atomic E-state index is 12.5. The second-order valence-corrected chi connectivity index (χ2v) is 9.32. The maximum absolute atomic E-state index is 12.5. The summed E-state index contributed by atoms with van der Waals surface area (Å²) in [5.41, 5.74) is -1.25. The van der Waals surface area contributed by atoms with Crippen LogP contribution < -0.4 is 0 Å². The van der Waals surface area contributed by atoms with Crippen LogP contribution in [0.5, 0.6) is 0 Å². The van der Waals surface area contributed by atoms with Gasteiger partial charge in [0.25, 0.3) is 0 Å². The molecule has 116 valence electrons. The fourth-order valence-corrected chi connectivity index (χ4v) is 4.98. The smallest absolute Gasteiger partial charge is 0.171 e. The van der Waals surface area contributed by atoms with Crippen molar-refractivity contribution in [1.29, 1.82) is 0 Å². The van der Waals surface area contributed by atoms with Crippen molar-refractivity contribution in [3.05, 3.63) is 0 Å². The Balaban J connectivity index is 2.12. The number of sulfone groups is 1. The monoisotopic (exact) mass is 303 g/mol. The van der Waals surface area contributed by atoms with Gasteiger partial charge >= 0.3 is 0 Å². The predicted octanol–water partition coefficient (Wildman–Crippen LogP) is 0.878. The number of nitrogens with zero attached hydrogens (tertiary/aromatic N) is 1. The van der Waals surface area contributed by atoms with Crippen LogP contribution in [0.2, 0.25) is 0 Å². The number of ketones is 1. The zero-order chi connectivity index (χ0) is 15.3. The summed E-state index contributed by atoms with van der Waals surface area (Å²) in [5.74, 6) is 0.269. The number of hydrogen-bond donors (Lipinski definition) is 0. The van der Waals surface area contributed by atoms with Gasteiger partial charge in [-0.2, -0.15) is 0 Å². The number of Topliss-reactive ketones (excluding diaryl/α,β-unsaturated/α-hetero) is 1. The average Bonchev–Trinajstić information content (AvgIpc) is 2.38. The minimum Gasteiger partial charge on any atom is -0.361 e. The summed E-state index contributed by atoms with van der Waals surface area (Å²) in [4.78, 5) is 14.6. The molecule has 2 heterocycles. The molecule has 2 atom stereocenters. The zero-order valence-corrected chi connectivity index (χ0v) is 13.8. The first-order chi connectivity index (χ1) is 8.95. The minimum absolute atomic E-state index is 0.0407. The predicted molar refractivity (Wildman–Crippen MR) is 77.4 cm³/mol. The van der Waals surface area contributed by atoms with E-state index in [0.29, 0.717) is 13.1 Å². The van der Waals surface area contributed by atoms with Crippen LogP contribution in [0, 0.1) is 5.92 Å². The number of ether oxygens (including phenoxy) is 1. The molecule has 2 unspecified atom stereocenters. The molecule has 5 nitrogen and oxygen atoms in total. The first kappa shape index (κ1) is 15.9. The molecule has 2 rings (SSSR count). The molecular weight excluding hydrogens is 278 g/mol. The Kier molecular flexibility index (Phi) is 3.81. The summed E-state index contributed by atoms with van der Waals surface area (Å²) in [6, 6.07) is -0.0407. The standard InChI is InChI=1S/C14H25NO4S/c1-10-9-20(17,18)7-6-15(10)8-11-12(16)14(4,5)19-13(11,2)3/h10-11H,6-9H2,1-5H3. The molecule has 0 amide bonds. The lowest BCUT2D eigenvalue weighted by atomic mass is 9.85. The van der Waals surface area contributed by atoms with Crippen molar-refractivity contribution in [2.45, 2.75) is 51.9 Å². The number of rotatable bonds is 2. The topological polar surface area (TPSA) is 63.7 Å². The van der Waals surface area contributed by atoms with Gasteiger partial charge in [-0.25, -0.2) is 8.42 Å². The molecule has 2 aliphatic rings. The normalized spacial score (nSPS) is 36.1. The maximum Gasteiger partial charge on any atom is 0.171 e. The van der Waals surface area contributed by atoms with Gasteiger partial charge < -0.3 is 4.74 Å². The van der Waals surface area contributed by atoms with Crippen molar-refractivity contribution in [1.82, 2.24) is 4.90 Å². The Hall–Kier alpha value is -0.460. The van der Waals surface area contributed by atoms with Crippen LogP contribution in [0.25, 0.3) is 0 Å². The molecule has 2 saturated heterocycles. The Morgan fingerprint density at radius 1 is 1.30 bits per heavy atom. The lowest BCUT2D eigenvalue weighted by molar-refractivity contribution is -0.132. The summed E-state index contributed by atoms with van der Waals surface area (Å²) in [6.07, 6.45) is 0.